The van der Waals surface area contributed by atoms with Crippen LogP contribution in [0.15, 0.2) is 18.2 Å². The predicted molar refractivity (Wildman–Crippen MR) is 80.7 cm³/mol. The molecule has 0 aliphatic carbocycles. The van der Waals surface area contributed by atoms with Gasteiger partial charge in [0, 0.05) is 44.2 Å². The number of para-hydroxylation sites is 1. The highest BCUT2D eigenvalue weighted by atomic mass is 16.5. The van der Waals surface area contributed by atoms with Gasteiger partial charge in [0.25, 0.3) is 0 Å². The summed E-state index contributed by atoms with van der Waals surface area (Å²) in [6, 6.07) is 5.84. The molecule has 0 aromatic heterocycles. The summed E-state index contributed by atoms with van der Waals surface area (Å²) in [7, 11) is 3.20. The average molecular weight is 293 g/mol. The van der Waals surface area contributed by atoms with Crippen LogP contribution >= 0.6 is 0 Å². The van der Waals surface area contributed by atoms with Gasteiger partial charge in [-0.2, -0.15) is 0 Å². The topological polar surface area (TPSA) is 71.6 Å². The first-order valence-corrected chi connectivity index (χ1v) is 7.15. The maximum absolute atomic E-state index is 12.0. The second kappa shape index (κ2) is 7.85. The molecule has 6 nitrogen and oxygen atoms in total. The van der Waals surface area contributed by atoms with Crippen molar-refractivity contribution in [1.29, 1.82) is 0 Å². The zero-order valence-corrected chi connectivity index (χ0v) is 12.6. The molecule has 1 atom stereocenters. The summed E-state index contributed by atoms with van der Waals surface area (Å²) >= 11 is 0. The Morgan fingerprint density at radius 1 is 1.33 bits per heavy atom. The molecule has 1 fully saturated rings. The fourth-order valence-corrected chi connectivity index (χ4v) is 2.44. The molecule has 6 heteroatoms. The molecular weight excluding hydrogens is 270 g/mol. The van der Waals surface area contributed by atoms with E-state index in [0.717, 1.165) is 25.2 Å². The van der Waals surface area contributed by atoms with E-state index >= 15 is 0 Å². The second-order valence-corrected chi connectivity index (χ2v) is 4.99. The SMILES string of the molecule is COc1cccc(CNC(=O)CC2CNCCN2)c1OC. The minimum atomic E-state index is 0.0288. The fourth-order valence-electron chi connectivity index (χ4n) is 2.44. The molecule has 1 aromatic rings. The van der Waals surface area contributed by atoms with E-state index < -0.39 is 0 Å². The molecule has 1 saturated heterocycles. The number of methoxy groups -OCH3 is 2. The number of ether oxygens (including phenoxy) is 2. The maximum atomic E-state index is 12.0. The van der Waals surface area contributed by atoms with Gasteiger partial charge in [-0.25, -0.2) is 0 Å². The van der Waals surface area contributed by atoms with Gasteiger partial charge < -0.3 is 25.4 Å². The van der Waals surface area contributed by atoms with E-state index in [0.29, 0.717) is 24.5 Å². The standard InChI is InChI=1S/C15H23N3O3/c1-20-13-5-3-4-11(15(13)21-2)9-18-14(19)8-12-10-16-6-7-17-12/h3-5,12,16-17H,6-10H2,1-2H3,(H,18,19). The van der Waals surface area contributed by atoms with Crippen molar-refractivity contribution in [2.24, 2.45) is 0 Å². The number of nitrogens with one attached hydrogen (secondary N) is 3. The molecule has 1 amide bonds. The van der Waals surface area contributed by atoms with Gasteiger partial charge in [-0.05, 0) is 6.07 Å². The van der Waals surface area contributed by atoms with Gasteiger partial charge in [0.2, 0.25) is 5.91 Å². The third-order valence-electron chi connectivity index (χ3n) is 3.52. The number of hydrogen-bond acceptors (Lipinski definition) is 5. The molecular formula is C15H23N3O3. The summed E-state index contributed by atoms with van der Waals surface area (Å²) in [6.07, 6.45) is 0.472. The molecule has 2 rings (SSSR count). The third kappa shape index (κ3) is 4.34. The number of carbonyl (C=O) groups is 1. The molecule has 1 heterocycles. The monoisotopic (exact) mass is 293 g/mol. The lowest BCUT2D eigenvalue weighted by Crippen LogP contribution is -2.50. The van der Waals surface area contributed by atoms with Crippen LogP contribution in [-0.2, 0) is 11.3 Å². The molecule has 21 heavy (non-hydrogen) atoms. The molecule has 0 bridgehead atoms. The summed E-state index contributed by atoms with van der Waals surface area (Å²) in [5, 5.41) is 9.52. The Labute approximate surface area is 125 Å². The number of rotatable bonds is 6. The highest BCUT2D eigenvalue weighted by Gasteiger charge is 2.16. The van der Waals surface area contributed by atoms with Crippen LogP contribution in [0.25, 0.3) is 0 Å². The summed E-state index contributed by atoms with van der Waals surface area (Å²) in [5.74, 6) is 1.36. The van der Waals surface area contributed by atoms with Crippen molar-refractivity contribution in [3.05, 3.63) is 23.8 Å². The smallest absolute Gasteiger partial charge is 0.221 e. The zero-order valence-electron chi connectivity index (χ0n) is 12.6. The van der Waals surface area contributed by atoms with Gasteiger partial charge in [0.15, 0.2) is 11.5 Å². The number of benzene rings is 1. The van der Waals surface area contributed by atoms with E-state index in [1.165, 1.54) is 0 Å². The Kier molecular flexibility index (Phi) is 5.83. The Hall–Kier alpha value is -1.79. The summed E-state index contributed by atoms with van der Waals surface area (Å²) in [6.45, 7) is 3.12. The summed E-state index contributed by atoms with van der Waals surface area (Å²) in [5.41, 5.74) is 0.903. The minimum absolute atomic E-state index is 0.0288. The lowest BCUT2D eigenvalue weighted by Gasteiger charge is -2.24. The summed E-state index contributed by atoms with van der Waals surface area (Å²) < 4.78 is 10.6. The van der Waals surface area contributed by atoms with Crippen LogP contribution in [0.2, 0.25) is 0 Å². The van der Waals surface area contributed by atoms with Gasteiger partial charge in [-0.1, -0.05) is 12.1 Å². The molecule has 0 spiro atoms. The van der Waals surface area contributed by atoms with E-state index in [9.17, 15) is 4.79 Å². The van der Waals surface area contributed by atoms with E-state index in [1.807, 2.05) is 18.2 Å². The van der Waals surface area contributed by atoms with Crippen molar-refractivity contribution in [3.8, 4) is 11.5 Å². The van der Waals surface area contributed by atoms with Gasteiger partial charge in [-0.15, -0.1) is 0 Å². The van der Waals surface area contributed by atoms with E-state index in [-0.39, 0.29) is 11.9 Å². The van der Waals surface area contributed by atoms with Crippen LogP contribution in [0.3, 0.4) is 0 Å². The van der Waals surface area contributed by atoms with Crippen molar-refractivity contribution >= 4 is 5.91 Å². The van der Waals surface area contributed by atoms with Crippen LogP contribution in [-0.4, -0.2) is 45.8 Å². The third-order valence-corrected chi connectivity index (χ3v) is 3.52. The Bertz CT molecular complexity index is 473. The van der Waals surface area contributed by atoms with Crippen molar-refractivity contribution in [3.63, 3.8) is 0 Å². The lowest BCUT2D eigenvalue weighted by molar-refractivity contribution is -0.121. The second-order valence-electron chi connectivity index (χ2n) is 4.99. The first-order chi connectivity index (χ1) is 10.2. The Morgan fingerprint density at radius 2 is 2.19 bits per heavy atom. The van der Waals surface area contributed by atoms with E-state index in [4.69, 9.17) is 9.47 Å². The molecule has 1 aromatic carbocycles. The van der Waals surface area contributed by atoms with Crippen molar-refractivity contribution in [2.75, 3.05) is 33.9 Å². The van der Waals surface area contributed by atoms with Gasteiger partial charge in [-0.3, -0.25) is 4.79 Å². The van der Waals surface area contributed by atoms with Crippen LogP contribution in [0.1, 0.15) is 12.0 Å². The highest BCUT2D eigenvalue weighted by molar-refractivity contribution is 5.76. The highest BCUT2D eigenvalue weighted by Crippen LogP contribution is 2.30. The van der Waals surface area contributed by atoms with Crippen LogP contribution < -0.4 is 25.4 Å². The molecule has 116 valence electrons. The predicted octanol–water partition coefficient (Wildman–Crippen LogP) is 0.272. The quantitative estimate of drug-likeness (QED) is 0.702. The fraction of sp³-hybridized carbons (Fsp3) is 0.533. The minimum Gasteiger partial charge on any atom is -0.493 e. The maximum Gasteiger partial charge on any atom is 0.221 e. The van der Waals surface area contributed by atoms with Crippen molar-refractivity contribution in [1.82, 2.24) is 16.0 Å². The largest absolute Gasteiger partial charge is 0.493 e. The molecule has 1 unspecified atom stereocenters. The molecule has 0 saturated carbocycles. The normalized spacial score (nSPS) is 18.1. The van der Waals surface area contributed by atoms with Crippen LogP contribution in [0.5, 0.6) is 11.5 Å². The molecule has 1 aliphatic rings. The Morgan fingerprint density at radius 3 is 2.86 bits per heavy atom. The van der Waals surface area contributed by atoms with E-state index in [2.05, 4.69) is 16.0 Å². The first-order valence-electron chi connectivity index (χ1n) is 7.15. The number of piperazine rings is 1. The van der Waals surface area contributed by atoms with Crippen molar-refractivity contribution < 1.29 is 14.3 Å². The van der Waals surface area contributed by atoms with Gasteiger partial charge >= 0.3 is 0 Å². The average Bonchev–Trinajstić information content (AvgIpc) is 2.53. The van der Waals surface area contributed by atoms with Gasteiger partial charge in [0.05, 0.1) is 14.2 Å². The molecule has 0 radical (unpaired) electrons. The molecule has 3 N–H and O–H groups in total. The first kappa shape index (κ1) is 15.6. The number of carbonyl (C=O) groups excluding carboxylic acids is 1. The zero-order chi connectivity index (χ0) is 15.1. The van der Waals surface area contributed by atoms with Crippen LogP contribution in [0.4, 0.5) is 0 Å². The summed E-state index contributed by atoms with van der Waals surface area (Å²) in [4.78, 5) is 12.0. The Balaban J connectivity index is 1.88. The van der Waals surface area contributed by atoms with Crippen LogP contribution in [0, 0.1) is 0 Å². The number of hydrogen-bond donors (Lipinski definition) is 3. The van der Waals surface area contributed by atoms with E-state index in [1.54, 1.807) is 14.2 Å². The lowest BCUT2D eigenvalue weighted by atomic mass is 10.1. The van der Waals surface area contributed by atoms with Crippen molar-refractivity contribution in [2.45, 2.75) is 19.0 Å². The molecule has 1 aliphatic heterocycles. The number of amides is 1. The van der Waals surface area contributed by atoms with Gasteiger partial charge in [0.1, 0.15) is 0 Å².